The molecular formula is C27H26BrN3O4. The highest BCUT2D eigenvalue weighted by Crippen LogP contribution is 2.27. The number of hydrogen-bond donors (Lipinski definition) is 0. The molecule has 4 rings (SSSR count). The smallest absolute Gasteiger partial charge is 0.344 e. The monoisotopic (exact) mass is 535 g/mol. The third kappa shape index (κ3) is 5.43. The lowest BCUT2D eigenvalue weighted by Gasteiger charge is -2.14. The van der Waals surface area contributed by atoms with Gasteiger partial charge in [0.2, 0.25) is 0 Å². The first-order chi connectivity index (χ1) is 16.7. The van der Waals surface area contributed by atoms with Crippen molar-refractivity contribution in [1.82, 2.24) is 9.66 Å². The quantitative estimate of drug-likeness (QED) is 0.225. The van der Waals surface area contributed by atoms with Crippen molar-refractivity contribution in [3.8, 4) is 5.75 Å². The molecule has 3 aromatic carbocycles. The lowest BCUT2D eigenvalue weighted by atomic mass is 10.0. The minimum absolute atomic E-state index is 0.0399. The maximum absolute atomic E-state index is 13.4. The van der Waals surface area contributed by atoms with Gasteiger partial charge in [-0.2, -0.15) is 9.78 Å². The number of rotatable bonds is 7. The van der Waals surface area contributed by atoms with Crippen molar-refractivity contribution in [1.29, 1.82) is 0 Å². The fourth-order valence-corrected chi connectivity index (χ4v) is 4.10. The summed E-state index contributed by atoms with van der Waals surface area (Å²) in [7, 11) is 0. The van der Waals surface area contributed by atoms with Crippen molar-refractivity contribution < 1.29 is 14.3 Å². The van der Waals surface area contributed by atoms with E-state index >= 15 is 0 Å². The Bertz CT molecular complexity index is 1490. The zero-order valence-electron chi connectivity index (χ0n) is 20.0. The Balaban J connectivity index is 1.83. The highest BCUT2D eigenvalue weighted by atomic mass is 79.9. The van der Waals surface area contributed by atoms with Crippen LogP contribution in [0.5, 0.6) is 5.75 Å². The normalized spacial score (nSPS) is 11.7. The highest BCUT2D eigenvalue weighted by Gasteiger charge is 2.15. The van der Waals surface area contributed by atoms with Crippen LogP contribution < -0.4 is 10.3 Å². The first-order valence-corrected chi connectivity index (χ1v) is 12.1. The number of hydrogen-bond acceptors (Lipinski definition) is 6. The summed E-state index contributed by atoms with van der Waals surface area (Å²) in [6.07, 6.45) is 1.36. The number of ether oxygens (including phenoxy) is 2. The topological polar surface area (TPSA) is 82.8 Å². The predicted octanol–water partition coefficient (Wildman–Crippen LogP) is 5.65. The number of esters is 1. The number of halogens is 1. The summed E-state index contributed by atoms with van der Waals surface area (Å²) in [5, 5.41) is 6.88. The molecule has 0 aliphatic carbocycles. The zero-order chi connectivity index (χ0) is 25.1. The van der Waals surface area contributed by atoms with Crippen molar-refractivity contribution in [3.05, 3.63) is 80.8 Å². The molecule has 0 fully saturated rings. The molecule has 0 spiro atoms. The average Bonchev–Trinajstić information content (AvgIpc) is 2.82. The Labute approximate surface area is 211 Å². The first kappa shape index (κ1) is 24.6. The summed E-state index contributed by atoms with van der Waals surface area (Å²) in [6.45, 7) is 7.26. The molecule has 1 aromatic heterocycles. The Morgan fingerprint density at radius 3 is 2.60 bits per heavy atom. The second-order valence-corrected chi connectivity index (χ2v) is 9.59. The minimum atomic E-state index is -0.460. The van der Waals surface area contributed by atoms with Gasteiger partial charge in [-0.25, -0.2) is 9.78 Å². The third-order valence-electron chi connectivity index (χ3n) is 5.30. The van der Waals surface area contributed by atoms with Gasteiger partial charge in [0.15, 0.2) is 6.61 Å². The van der Waals surface area contributed by atoms with Crippen LogP contribution in [-0.4, -0.2) is 34.6 Å². The van der Waals surface area contributed by atoms with Crippen molar-refractivity contribution in [2.45, 2.75) is 39.7 Å². The summed E-state index contributed by atoms with van der Waals surface area (Å²) < 4.78 is 13.1. The molecule has 0 saturated carbocycles. The van der Waals surface area contributed by atoms with Crippen LogP contribution >= 0.6 is 15.9 Å². The average molecular weight is 536 g/mol. The summed E-state index contributed by atoms with van der Waals surface area (Å²) >= 11 is 3.43. The number of nitrogens with zero attached hydrogens (tertiary/aromatic N) is 3. The van der Waals surface area contributed by atoms with Gasteiger partial charge in [0.05, 0.1) is 23.2 Å². The molecule has 4 aromatic rings. The van der Waals surface area contributed by atoms with E-state index in [9.17, 15) is 9.59 Å². The van der Waals surface area contributed by atoms with Crippen LogP contribution in [0.2, 0.25) is 0 Å². The first-order valence-electron chi connectivity index (χ1n) is 11.3. The van der Waals surface area contributed by atoms with Gasteiger partial charge in [0, 0.05) is 16.0 Å². The molecule has 7 nitrogen and oxygen atoms in total. The van der Waals surface area contributed by atoms with E-state index in [1.54, 1.807) is 32.2 Å². The molecule has 0 N–H and O–H groups in total. The number of carbonyl (C=O) groups is 1. The number of aromatic nitrogens is 2. The molecule has 0 unspecified atom stereocenters. The molecule has 35 heavy (non-hydrogen) atoms. The minimum Gasteiger partial charge on any atom is -0.481 e. The van der Waals surface area contributed by atoms with Gasteiger partial charge >= 0.3 is 5.97 Å². The van der Waals surface area contributed by atoms with Gasteiger partial charge in [-0.3, -0.25) is 4.79 Å². The number of fused-ring (bicyclic) bond motifs is 2. The van der Waals surface area contributed by atoms with Crippen molar-refractivity contribution >= 4 is 49.8 Å². The lowest BCUT2D eigenvalue weighted by molar-refractivity contribution is -0.149. The second-order valence-electron chi connectivity index (χ2n) is 8.67. The molecule has 0 amide bonds. The molecule has 0 saturated heterocycles. The van der Waals surface area contributed by atoms with E-state index in [0.29, 0.717) is 28.0 Å². The molecule has 0 aliphatic heterocycles. The molecule has 180 valence electrons. The SMILES string of the molecule is CC(C)OC(=O)COc1ccc2ccccc2c1C=Nn1c(C(C)C)nc2ccc(Br)cc2c1=O. The number of benzene rings is 3. The summed E-state index contributed by atoms with van der Waals surface area (Å²) in [5.74, 6) is 0.508. The van der Waals surface area contributed by atoms with Gasteiger partial charge in [-0.05, 0) is 48.9 Å². The molecule has 0 bridgehead atoms. The Kier molecular flexibility index (Phi) is 7.31. The maximum Gasteiger partial charge on any atom is 0.344 e. The maximum atomic E-state index is 13.4. The zero-order valence-corrected chi connectivity index (χ0v) is 21.6. The van der Waals surface area contributed by atoms with E-state index in [1.807, 2.05) is 56.3 Å². The van der Waals surface area contributed by atoms with E-state index in [-0.39, 0.29) is 24.2 Å². The fraction of sp³-hybridized carbons (Fsp3) is 0.259. The molecule has 8 heteroatoms. The Morgan fingerprint density at radius 2 is 1.86 bits per heavy atom. The van der Waals surface area contributed by atoms with Crippen LogP contribution in [0.4, 0.5) is 0 Å². The van der Waals surface area contributed by atoms with Crippen LogP contribution in [0, 0.1) is 0 Å². The van der Waals surface area contributed by atoms with E-state index in [4.69, 9.17) is 14.5 Å². The summed E-state index contributed by atoms with van der Waals surface area (Å²) in [5.41, 5.74) is 1.00. The van der Waals surface area contributed by atoms with Gasteiger partial charge < -0.3 is 9.47 Å². The number of carbonyl (C=O) groups excluding carboxylic acids is 1. The Morgan fingerprint density at radius 1 is 1.09 bits per heavy atom. The molecule has 0 atom stereocenters. The van der Waals surface area contributed by atoms with E-state index < -0.39 is 5.97 Å². The fourth-order valence-electron chi connectivity index (χ4n) is 3.73. The molecular weight excluding hydrogens is 510 g/mol. The molecule has 0 radical (unpaired) electrons. The summed E-state index contributed by atoms with van der Waals surface area (Å²) in [6, 6.07) is 16.9. The highest BCUT2D eigenvalue weighted by molar-refractivity contribution is 9.10. The van der Waals surface area contributed by atoms with Crippen molar-refractivity contribution in [2.75, 3.05) is 6.61 Å². The third-order valence-corrected chi connectivity index (χ3v) is 5.79. The standard InChI is InChI=1S/C27H26BrN3O4/c1-16(2)26-30-23-11-10-19(28)13-21(23)27(33)31(26)29-14-22-20-8-6-5-7-18(20)9-12-24(22)34-15-25(32)35-17(3)4/h5-14,16-17H,15H2,1-4H3. The van der Waals surface area contributed by atoms with Gasteiger partial charge in [0.1, 0.15) is 11.6 Å². The van der Waals surface area contributed by atoms with Crippen LogP contribution in [0.15, 0.2) is 69.0 Å². The van der Waals surface area contributed by atoms with Gasteiger partial charge in [0.25, 0.3) is 5.56 Å². The largest absolute Gasteiger partial charge is 0.481 e. The second kappa shape index (κ2) is 10.4. The Hall–Kier alpha value is -3.52. The van der Waals surface area contributed by atoms with E-state index in [0.717, 1.165) is 15.2 Å². The van der Waals surface area contributed by atoms with Gasteiger partial charge in [-0.1, -0.05) is 60.1 Å². The van der Waals surface area contributed by atoms with E-state index in [1.165, 1.54) is 4.68 Å². The lowest BCUT2D eigenvalue weighted by Crippen LogP contribution is -2.23. The van der Waals surface area contributed by atoms with Crippen molar-refractivity contribution in [3.63, 3.8) is 0 Å². The van der Waals surface area contributed by atoms with Crippen LogP contribution in [0.3, 0.4) is 0 Å². The van der Waals surface area contributed by atoms with E-state index in [2.05, 4.69) is 21.0 Å². The molecule has 0 aliphatic rings. The van der Waals surface area contributed by atoms with Crippen molar-refractivity contribution in [2.24, 2.45) is 5.10 Å². The van der Waals surface area contributed by atoms with Crippen LogP contribution in [-0.2, 0) is 9.53 Å². The van der Waals surface area contributed by atoms with Crippen LogP contribution in [0.25, 0.3) is 21.7 Å². The molecule has 1 heterocycles. The van der Waals surface area contributed by atoms with Gasteiger partial charge in [-0.15, -0.1) is 0 Å². The van der Waals surface area contributed by atoms with Crippen LogP contribution in [0.1, 0.15) is 45.0 Å². The summed E-state index contributed by atoms with van der Waals surface area (Å²) in [4.78, 5) is 30.1. The predicted molar refractivity (Wildman–Crippen MR) is 141 cm³/mol.